The number of nitrogens with two attached hydrogens (primary N) is 1. The highest BCUT2D eigenvalue weighted by Gasteiger charge is 2.45. The van der Waals surface area contributed by atoms with E-state index in [1.165, 1.54) is 36.4 Å². The molecule has 7 nitrogen and oxygen atoms in total. The molecule has 212 valence electrons. The summed E-state index contributed by atoms with van der Waals surface area (Å²) in [5.41, 5.74) is 13.5. The molecule has 7 rings (SSSR count). The van der Waals surface area contributed by atoms with E-state index < -0.39 is 0 Å². The molecule has 0 radical (unpaired) electrons. The molecule has 2 N–H and O–H groups in total. The quantitative estimate of drug-likeness (QED) is 0.214. The molecule has 0 saturated carbocycles. The molecule has 2 aliphatic rings. The van der Waals surface area contributed by atoms with Gasteiger partial charge in [-0.25, -0.2) is 19.3 Å². The summed E-state index contributed by atoms with van der Waals surface area (Å²) in [6.45, 7) is 11.8. The minimum atomic E-state index is 0.449. The Morgan fingerprint density at radius 1 is 0.929 bits per heavy atom. The van der Waals surface area contributed by atoms with Gasteiger partial charge in [-0.2, -0.15) is 0 Å². The Bertz CT molecular complexity index is 1730. The summed E-state index contributed by atoms with van der Waals surface area (Å²) in [5, 5.41) is 0. The molecule has 0 amide bonds. The highest BCUT2D eigenvalue weighted by molar-refractivity contribution is 8.00. The van der Waals surface area contributed by atoms with Crippen molar-refractivity contribution in [2.75, 3.05) is 31.9 Å². The van der Waals surface area contributed by atoms with E-state index in [0.29, 0.717) is 11.2 Å². The number of anilines is 1. The second-order valence-corrected chi connectivity index (χ2v) is 13.0. The zero-order valence-electron chi connectivity index (χ0n) is 23.9. The lowest BCUT2D eigenvalue weighted by Gasteiger charge is -2.53. The predicted octanol–water partition coefficient (Wildman–Crippen LogP) is 6.81. The predicted molar refractivity (Wildman–Crippen MR) is 173 cm³/mol. The van der Waals surface area contributed by atoms with Gasteiger partial charge in [0.05, 0.1) is 11.3 Å². The van der Waals surface area contributed by atoms with Crippen molar-refractivity contribution in [2.45, 2.75) is 26.3 Å². The molecule has 1 spiro atoms. The van der Waals surface area contributed by atoms with Gasteiger partial charge in [0.2, 0.25) is 0 Å². The Labute approximate surface area is 251 Å². The standard InChI is InChI=1S/C34H35N7S/c1-24(2)42-40-22-34(23-40)16-19-39(20-17-34)21-25-10-12-27(13-11-25)41-32(28-9-6-18-36-31(28)35)38-30-15-14-29(37-33(30)41)26-7-4-3-5-8-26/h3-15,18H,1,16-17,19-23H2,2H3,(H2,35,36). The van der Waals surface area contributed by atoms with E-state index in [0.717, 1.165) is 59.1 Å². The fourth-order valence-corrected chi connectivity index (χ4v) is 7.37. The van der Waals surface area contributed by atoms with Crippen LogP contribution in [0.3, 0.4) is 0 Å². The molecule has 2 aromatic carbocycles. The van der Waals surface area contributed by atoms with Crippen molar-refractivity contribution in [1.29, 1.82) is 0 Å². The van der Waals surface area contributed by atoms with Crippen LogP contribution in [0.1, 0.15) is 25.3 Å². The third kappa shape index (κ3) is 5.22. The molecule has 42 heavy (non-hydrogen) atoms. The Kier molecular flexibility index (Phi) is 7.06. The zero-order chi connectivity index (χ0) is 28.7. The van der Waals surface area contributed by atoms with E-state index >= 15 is 0 Å². The van der Waals surface area contributed by atoms with Crippen LogP contribution in [0.4, 0.5) is 5.82 Å². The van der Waals surface area contributed by atoms with E-state index in [-0.39, 0.29) is 0 Å². The van der Waals surface area contributed by atoms with E-state index in [1.807, 2.05) is 54.4 Å². The average molecular weight is 574 g/mol. The number of aromatic nitrogens is 4. The monoisotopic (exact) mass is 573 g/mol. The summed E-state index contributed by atoms with van der Waals surface area (Å²) in [5.74, 6) is 1.19. The molecule has 5 aromatic rings. The summed E-state index contributed by atoms with van der Waals surface area (Å²) in [6, 6.07) is 27.0. The van der Waals surface area contributed by atoms with Crippen molar-refractivity contribution in [3.63, 3.8) is 0 Å². The summed E-state index contributed by atoms with van der Waals surface area (Å²) in [4.78, 5) is 18.2. The Morgan fingerprint density at radius 2 is 1.69 bits per heavy atom. The van der Waals surface area contributed by atoms with Crippen LogP contribution in [0, 0.1) is 5.41 Å². The molecule has 0 aliphatic carbocycles. The number of benzene rings is 2. The van der Waals surface area contributed by atoms with Gasteiger partial charge in [0.25, 0.3) is 0 Å². The van der Waals surface area contributed by atoms with Crippen LogP contribution in [0.2, 0.25) is 0 Å². The first-order valence-corrected chi connectivity index (χ1v) is 15.3. The molecule has 5 heterocycles. The van der Waals surface area contributed by atoms with E-state index in [2.05, 4.69) is 68.7 Å². The van der Waals surface area contributed by atoms with Crippen LogP contribution in [0.25, 0.3) is 39.5 Å². The lowest BCUT2D eigenvalue weighted by molar-refractivity contribution is 0.00436. The Balaban J connectivity index is 1.15. The van der Waals surface area contributed by atoms with Gasteiger partial charge in [-0.3, -0.25) is 9.47 Å². The number of fused-ring (bicyclic) bond motifs is 1. The number of rotatable bonds is 7. The van der Waals surface area contributed by atoms with Crippen molar-refractivity contribution < 1.29 is 0 Å². The Morgan fingerprint density at radius 3 is 2.40 bits per heavy atom. The number of nitrogens with zero attached hydrogens (tertiary/aromatic N) is 6. The lowest BCUT2D eigenvalue weighted by Crippen LogP contribution is -2.57. The number of hydrogen-bond donors (Lipinski definition) is 1. The fraction of sp³-hybridized carbons (Fsp3) is 0.265. The van der Waals surface area contributed by atoms with Crippen LogP contribution in [0.15, 0.2) is 96.5 Å². The second kappa shape index (κ2) is 11.0. The summed E-state index contributed by atoms with van der Waals surface area (Å²) in [7, 11) is 0. The number of likely N-dealkylation sites (tertiary alicyclic amines) is 1. The fourth-order valence-electron chi connectivity index (χ4n) is 6.26. The second-order valence-electron chi connectivity index (χ2n) is 11.6. The lowest BCUT2D eigenvalue weighted by atomic mass is 9.73. The molecule has 0 atom stereocenters. The van der Waals surface area contributed by atoms with E-state index in [1.54, 1.807) is 6.20 Å². The van der Waals surface area contributed by atoms with Gasteiger partial charge in [-0.1, -0.05) is 49.0 Å². The number of nitrogen functional groups attached to an aromatic ring is 1. The zero-order valence-corrected chi connectivity index (χ0v) is 24.7. The van der Waals surface area contributed by atoms with E-state index in [9.17, 15) is 0 Å². The van der Waals surface area contributed by atoms with Crippen molar-refractivity contribution in [3.05, 3.63) is 102 Å². The third-order valence-electron chi connectivity index (χ3n) is 8.48. The van der Waals surface area contributed by atoms with Gasteiger partial charge in [-0.15, -0.1) is 0 Å². The maximum absolute atomic E-state index is 6.33. The number of hydrogen-bond acceptors (Lipinski definition) is 7. The van der Waals surface area contributed by atoms with Crippen molar-refractivity contribution >= 4 is 28.9 Å². The molecule has 0 bridgehead atoms. The number of allylic oxidation sites excluding steroid dienone is 1. The van der Waals surface area contributed by atoms with Crippen molar-refractivity contribution in [2.24, 2.45) is 5.41 Å². The minimum Gasteiger partial charge on any atom is -0.383 e. The van der Waals surface area contributed by atoms with Crippen LogP contribution in [-0.4, -0.2) is 54.9 Å². The third-order valence-corrected chi connectivity index (χ3v) is 9.31. The van der Waals surface area contributed by atoms with Gasteiger partial charge in [-0.05, 0) is 91.7 Å². The van der Waals surface area contributed by atoms with Crippen molar-refractivity contribution in [1.82, 2.24) is 28.7 Å². The van der Waals surface area contributed by atoms with E-state index in [4.69, 9.17) is 15.7 Å². The topological polar surface area (TPSA) is 76.1 Å². The number of pyridine rings is 2. The van der Waals surface area contributed by atoms with Crippen molar-refractivity contribution in [3.8, 4) is 28.3 Å². The molecular weight excluding hydrogens is 538 g/mol. The first-order chi connectivity index (χ1) is 20.5. The molecule has 3 aromatic heterocycles. The normalized spacial score (nSPS) is 17.0. The van der Waals surface area contributed by atoms with Crippen LogP contribution >= 0.6 is 11.9 Å². The Hall–Kier alpha value is -3.98. The molecule has 8 heteroatoms. The van der Waals surface area contributed by atoms with Crippen LogP contribution in [0.5, 0.6) is 0 Å². The first kappa shape index (κ1) is 26.9. The van der Waals surface area contributed by atoms with Gasteiger partial charge >= 0.3 is 0 Å². The van der Waals surface area contributed by atoms with Gasteiger partial charge in [0.1, 0.15) is 11.3 Å². The molecule has 0 unspecified atom stereocenters. The van der Waals surface area contributed by atoms with Crippen LogP contribution in [-0.2, 0) is 6.54 Å². The highest BCUT2D eigenvalue weighted by atomic mass is 32.2. The number of piperidine rings is 1. The van der Waals surface area contributed by atoms with Gasteiger partial charge in [0.15, 0.2) is 11.5 Å². The maximum Gasteiger partial charge on any atom is 0.165 e. The summed E-state index contributed by atoms with van der Waals surface area (Å²) < 4.78 is 4.57. The molecule has 2 fully saturated rings. The summed E-state index contributed by atoms with van der Waals surface area (Å²) in [6.07, 6.45) is 4.24. The maximum atomic E-state index is 6.33. The smallest absolute Gasteiger partial charge is 0.165 e. The highest BCUT2D eigenvalue weighted by Crippen LogP contribution is 2.44. The van der Waals surface area contributed by atoms with Gasteiger partial charge < -0.3 is 5.73 Å². The molecule has 2 saturated heterocycles. The average Bonchev–Trinajstić information content (AvgIpc) is 3.37. The first-order valence-electron chi connectivity index (χ1n) is 14.5. The number of imidazole rings is 1. The molecule has 2 aliphatic heterocycles. The minimum absolute atomic E-state index is 0.449. The molecular formula is C34H35N7S. The van der Waals surface area contributed by atoms with Crippen LogP contribution < -0.4 is 5.73 Å². The largest absolute Gasteiger partial charge is 0.383 e. The SMILES string of the molecule is C=C(C)SN1CC2(CCN(Cc3ccc(-n4c(-c5cccnc5N)nc5ccc(-c6ccccc6)nc54)cc3)CC2)C1. The van der Waals surface area contributed by atoms with Gasteiger partial charge in [0, 0.05) is 42.5 Å². The summed E-state index contributed by atoms with van der Waals surface area (Å²) >= 11 is 1.82.